The number of rotatable bonds is 3. The second-order valence-corrected chi connectivity index (χ2v) is 5.67. The third-order valence-electron chi connectivity index (χ3n) is 3.40. The molecular formula is C17H14Cl2N2. The number of nitrogen functional groups attached to an aromatic ring is 1. The van der Waals surface area contributed by atoms with Gasteiger partial charge in [0.05, 0.1) is 15.7 Å². The molecule has 106 valence electrons. The molecule has 3 aromatic carbocycles. The van der Waals surface area contributed by atoms with Crippen LogP contribution < -0.4 is 11.1 Å². The topological polar surface area (TPSA) is 38.0 Å². The molecular weight excluding hydrogens is 303 g/mol. The van der Waals surface area contributed by atoms with Crippen LogP contribution in [0.25, 0.3) is 10.8 Å². The minimum Gasteiger partial charge on any atom is -0.399 e. The van der Waals surface area contributed by atoms with Gasteiger partial charge in [-0.1, -0.05) is 65.7 Å². The van der Waals surface area contributed by atoms with Crippen molar-refractivity contribution in [2.45, 2.75) is 6.54 Å². The first-order valence-corrected chi connectivity index (χ1v) is 7.36. The smallest absolute Gasteiger partial charge is 0.0723 e. The van der Waals surface area contributed by atoms with Crippen LogP contribution in [0.5, 0.6) is 0 Å². The highest BCUT2D eigenvalue weighted by Crippen LogP contribution is 2.33. The number of benzene rings is 3. The number of anilines is 2. The zero-order valence-corrected chi connectivity index (χ0v) is 12.7. The van der Waals surface area contributed by atoms with Crippen molar-refractivity contribution in [3.63, 3.8) is 0 Å². The van der Waals surface area contributed by atoms with Crippen molar-refractivity contribution in [3.05, 3.63) is 70.2 Å². The predicted octanol–water partition coefficient (Wildman–Crippen LogP) is 5.34. The fraction of sp³-hybridized carbons (Fsp3) is 0.0588. The minimum absolute atomic E-state index is 0.528. The summed E-state index contributed by atoms with van der Waals surface area (Å²) in [5, 5.41) is 6.79. The largest absolute Gasteiger partial charge is 0.399 e. The number of fused-ring (bicyclic) bond motifs is 1. The van der Waals surface area contributed by atoms with Crippen molar-refractivity contribution in [3.8, 4) is 0 Å². The summed E-state index contributed by atoms with van der Waals surface area (Å²) >= 11 is 12.4. The van der Waals surface area contributed by atoms with Gasteiger partial charge in [-0.15, -0.1) is 0 Å². The molecule has 0 aromatic heterocycles. The van der Waals surface area contributed by atoms with Gasteiger partial charge in [0.1, 0.15) is 0 Å². The van der Waals surface area contributed by atoms with Crippen LogP contribution in [-0.2, 0) is 6.54 Å². The van der Waals surface area contributed by atoms with E-state index < -0.39 is 0 Å². The first kappa shape index (κ1) is 14.1. The van der Waals surface area contributed by atoms with Crippen LogP contribution in [0.15, 0.2) is 54.6 Å². The van der Waals surface area contributed by atoms with Gasteiger partial charge in [0, 0.05) is 12.2 Å². The molecule has 21 heavy (non-hydrogen) atoms. The molecule has 3 N–H and O–H groups in total. The molecule has 0 bridgehead atoms. The Morgan fingerprint density at radius 2 is 1.57 bits per heavy atom. The van der Waals surface area contributed by atoms with Crippen LogP contribution in [0.3, 0.4) is 0 Å². The summed E-state index contributed by atoms with van der Waals surface area (Å²) in [7, 11) is 0. The zero-order chi connectivity index (χ0) is 14.8. The van der Waals surface area contributed by atoms with E-state index in [0.717, 1.165) is 0 Å². The molecule has 0 amide bonds. The zero-order valence-electron chi connectivity index (χ0n) is 11.2. The number of nitrogens with two attached hydrogens (primary N) is 1. The second kappa shape index (κ2) is 5.84. The van der Waals surface area contributed by atoms with Crippen molar-refractivity contribution in [2.75, 3.05) is 11.1 Å². The predicted molar refractivity (Wildman–Crippen MR) is 92.1 cm³/mol. The van der Waals surface area contributed by atoms with Gasteiger partial charge in [0.25, 0.3) is 0 Å². The summed E-state index contributed by atoms with van der Waals surface area (Å²) in [6.45, 7) is 0.644. The normalized spacial score (nSPS) is 10.8. The molecule has 0 radical (unpaired) electrons. The maximum Gasteiger partial charge on any atom is 0.0723 e. The third kappa shape index (κ3) is 2.92. The Morgan fingerprint density at radius 1 is 0.905 bits per heavy atom. The van der Waals surface area contributed by atoms with Crippen LogP contribution >= 0.6 is 23.2 Å². The summed E-state index contributed by atoms with van der Waals surface area (Å²) in [5.41, 5.74) is 8.17. The lowest BCUT2D eigenvalue weighted by Crippen LogP contribution is -2.02. The lowest BCUT2D eigenvalue weighted by atomic mass is 10.0. The summed E-state index contributed by atoms with van der Waals surface area (Å²) in [5.74, 6) is 0. The maximum atomic E-state index is 6.19. The Balaban J connectivity index is 1.91. The highest BCUT2D eigenvalue weighted by atomic mass is 35.5. The molecule has 0 aliphatic carbocycles. The molecule has 0 unspecified atom stereocenters. The Kier molecular flexibility index (Phi) is 3.91. The molecule has 0 aliphatic heterocycles. The third-order valence-corrected chi connectivity index (χ3v) is 4.00. The van der Waals surface area contributed by atoms with E-state index in [-0.39, 0.29) is 0 Å². The van der Waals surface area contributed by atoms with E-state index in [1.54, 1.807) is 12.1 Å². The maximum absolute atomic E-state index is 6.19. The van der Waals surface area contributed by atoms with Gasteiger partial charge in [0.15, 0.2) is 0 Å². The molecule has 3 rings (SSSR count). The number of hydrogen-bond donors (Lipinski definition) is 2. The van der Waals surface area contributed by atoms with E-state index in [4.69, 9.17) is 28.9 Å². The molecule has 0 saturated heterocycles. The Labute approximate surface area is 133 Å². The number of nitrogens with one attached hydrogen (secondary N) is 1. The highest BCUT2D eigenvalue weighted by Gasteiger charge is 2.08. The molecule has 0 fully saturated rings. The van der Waals surface area contributed by atoms with E-state index in [1.807, 2.05) is 18.2 Å². The molecule has 0 atom stereocenters. The average molecular weight is 317 g/mol. The molecule has 3 aromatic rings. The van der Waals surface area contributed by atoms with Crippen molar-refractivity contribution in [1.82, 2.24) is 0 Å². The van der Waals surface area contributed by atoms with Gasteiger partial charge in [-0.2, -0.15) is 0 Å². The van der Waals surface area contributed by atoms with E-state index in [1.165, 1.54) is 16.3 Å². The van der Waals surface area contributed by atoms with Crippen LogP contribution in [0.4, 0.5) is 11.4 Å². The van der Waals surface area contributed by atoms with Gasteiger partial charge >= 0.3 is 0 Å². The van der Waals surface area contributed by atoms with Crippen LogP contribution in [0, 0.1) is 0 Å². The lowest BCUT2D eigenvalue weighted by molar-refractivity contribution is 1.17. The van der Waals surface area contributed by atoms with Gasteiger partial charge in [0.2, 0.25) is 0 Å². The molecule has 4 heteroatoms. The SMILES string of the molecule is Nc1cc(Cl)c(NCc2cccc3ccccc23)c(Cl)c1. The first-order valence-electron chi connectivity index (χ1n) is 6.60. The summed E-state index contributed by atoms with van der Waals surface area (Å²) < 4.78 is 0. The fourth-order valence-electron chi connectivity index (χ4n) is 2.39. The second-order valence-electron chi connectivity index (χ2n) is 4.85. The number of hydrogen-bond acceptors (Lipinski definition) is 2. The van der Waals surface area contributed by atoms with Gasteiger partial charge in [-0.3, -0.25) is 0 Å². The van der Waals surface area contributed by atoms with E-state index in [2.05, 4.69) is 29.6 Å². The Morgan fingerprint density at radius 3 is 2.33 bits per heavy atom. The van der Waals surface area contributed by atoms with Crippen LogP contribution in [0.1, 0.15) is 5.56 Å². The minimum atomic E-state index is 0.528. The van der Waals surface area contributed by atoms with Crippen LogP contribution in [0.2, 0.25) is 10.0 Å². The Bertz CT molecular complexity index is 771. The quantitative estimate of drug-likeness (QED) is 0.640. The Hall–Kier alpha value is -1.90. The summed E-state index contributed by atoms with van der Waals surface area (Å²) in [6, 6.07) is 17.9. The average Bonchev–Trinajstić information content (AvgIpc) is 2.46. The van der Waals surface area contributed by atoms with Gasteiger partial charge < -0.3 is 11.1 Å². The molecule has 2 nitrogen and oxygen atoms in total. The molecule has 0 heterocycles. The van der Waals surface area contributed by atoms with Crippen LogP contribution in [-0.4, -0.2) is 0 Å². The molecule has 0 spiro atoms. The van der Waals surface area contributed by atoms with Crippen molar-refractivity contribution in [2.24, 2.45) is 0 Å². The summed E-state index contributed by atoms with van der Waals surface area (Å²) in [4.78, 5) is 0. The van der Waals surface area contributed by atoms with E-state index in [9.17, 15) is 0 Å². The molecule has 0 saturated carbocycles. The highest BCUT2D eigenvalue weighted by molar-refractivity contribution is 6.39. The van der Waals surface area contributed by atoms with Gasteiger partial charge in [-0.25, -0.2) is 0 Å². The van der Waals surface area contributed by atoms with E-state index in [0.29, 0.717) is 28.0 Å². The summed E-state index contributed by atoms with van der Waals surface area (Å²) in [6.07, 6.45) is 0. The van der Waals surface area contributed by atoms with Crippen molar-refractivity contribution >= 4 is 45.3 Å². The van der Waals surface area contributed by atoms with Crippen molar-refractivity contribution in [1.29, 1.82) is 0 Å². The lowest BCUT2D eigenvalue weighted by Gasteiger charge is -2.13. The fourth-order valence-corrected chi connectivity index (χ4v) is 3.03. The van der Waals surface area contributed by atoms with Gasteiger partial charge in [-0.05, 0) is 28.5 Å². The van der Waals surface area contributed by atoms with Crippen molar-refractivity contribution < 1.29 is 0 Å². The first-order chi connectivity index (χ1) is 10.1. The monoisotopic (exact) mass is 316 g/mol. The van der Waals surface area contributed by atoms with E-state index >= 15 is 0 Å². The number of halogens is 2. The standard InChI is InChI=1S/C17H14Cl2N2/c18-15-8-13(20)9-16(19)17(15)21-10-12-6-3-5-11-4-1-2-7-14(11)12/h1-9,21H,10,20H2. The molecule has 0 aliphatic rings.